The van der Waals surface area contributed by atoms with E-state index >= 15 is 0 Å². The quantitative estimate of drug-likeness (QED) is 0.850. The molecular formula is C15H14FN3O. The third-order valence-corrected chi connectivity index (χ3v) is 3.47. The van der Waals surface area contributed by atoms with Crippen molar-refractivity contribution in [1.29, 1.82) is 0 Å². The lowest BCUT2D eigenvalue weighted by atomic mass is 9.99. The van der Waals surface area contributed by atoms with Gasteiger partial charge in [0, 0.05) is 17.5 Å². The van der Waals surface area contributed by atoms with Gasteiger partial charge in [-0.2, -0.15) is 0 Å². The van der Waals surface area contributed by atoms with Crippen LogP contribution in [0.4, 0.5) is 10.1 Å². The Kier molecular flexibility index (Phi) is 2.89. The first kappa shape index (κ1) is 12.6. The number of hydrogen-bond donors (Lipinski definition) is 1. The van der Waals surface area contributed by atoms with E-state index in [-0.39, 0.29) is 18.0 Å². The second-order valence-corrected chi connectivity index (χ2v) is 4.94. The molecule has 0 amide bonds. The highest BCUT2D eigenvalue weighted by Gasteiger charge is 2.25. The molecule has 2 N–H and O–H groups in total. The lowest BCUT2D eigenvalue weighted by molar-refractivity contribution is -0.114. The monoisotopic (exact) mass is 271 g/mol. The van der Waals surface area contributed by atoms with Crippen LogP contribution in [-0.2, 0) is 4.79 Å². The first-order valence-corrected chi connectivity index (χ1v) is 6.35. The molecule has 0 spiro atoms. The van der Waals surface area contributed by atoms with E-state index in [1.807, 2.05) is 11.1 Å². The van der Waals surface area contributed by atoms with Crippen LogP contribution in [0.5, 0.6) is 0 Å². The largest absolute Gasteiger partial charge is 0.387 e. The molecule has 1 aromatic rings. The Labute approximate surface area is 116 Å². The topological polar surface area (TPSA) is 58.7 Å². The number of halogens is 1. The molecule has 5 heteroatoms. The number of allylic oxidation sites excluding steroid dienone is 1. The van der Waals surface area contributed by atoms with Crippen molar-refractivity contribution in [2.24, 2.45) is 10.7 Å². The van der Waals surface area contributed by atoms with Gasteiger partial charge in [0.15, 0.2) is 5.78 Å². The number of rotatable bonds is 1. The SMILES string of the molecule is Cc1cc(N2C=CC3=C(C2)C(=O)CC(N)=N3)ccc1F. The number of aryl methyl sites for hydroxylation is 1. The van der Waals surface area contributed by atoms with Gasteiger partial charge in [0.05, 0.1) is 18.7 Å². The number of ketones is 1. The number of amidine groups is 1. The van der Waals surface area contributed by atoms with E-state index in [4.69, 9.17) is 5.73 Å². The third-order valence-electron chi connectivity index (χ3n) is 3.47. The maximum atomic E-state index is 13.3. The van der Waals surface area contributed by atoms with Crippen LogP contribution in [0.15, 0.2) is 46.7 Å². The number of carbonyl (C=O) groups excluding carboxylic acids is 1. The Balaban J connectivity index is 1.92. The molecule has 4 nitrogen and oxygen atoms in total. The molecule has 1 aromatic carbocycles. The number of anilines is 1. The Morgan fingerprint density at radius 1 is 1.40 bits per heavy atom. The van der Waals surface area contributed by atoms with Crippen LogP contribution >= 0.6 is 0 Å². The average Bonchev–Trinajstić information content (AvgIpc) is 2.41. The fourth-order valence-corrected chi connectivity index (χ4v) is 2.35. The summed E-state index contributed by atoms with van der Waals surface area (Å²) < 4.78 is 13.3. The highest BCUT2D eigenvalue weighted by Crippen LogP contribution is 2.27. The van der Waals surface area contributed by atoms with E-state index in [1.165, 1.54) is 6.07 Å². The zero-order chi connectivity index (χ0) is 14.3. The van der Waals surface area contributed by atoms with Gasteiger partial charge in [-0.05, 0) is 36.8 Å². The molecule has 102 valence electrons. The molecule has 0 fully saturated rings. The summed E-state index contributed by atoms with van der Waals surface area (Å²) in [5, 5.41) is 0. The minimum Gasteiger partial charge on any atom is -0.387 e. The van der Waals surface area contributed by atoms with Crippen molar-refractivity contribution in [2.75, 3.05) is 11.4 Å². The number of nitrogens with zero attached hydrogens (tertiary/aromatic N) is 2. The van der Waals surface area contributed by atoms with Crippen LogP contribution in [-0.4, -0.2) is 18.2 Å². The lowest BCUT2D eigenvalue weighted by Gasteiger charge is -2.27. The molecule has 20 heavy (non-hydrogen) atoms. The Morgan fingerprint density at radius 3 is 2.95 bits per heavy atom. The minimum atomic E-state index is -0.235. The second kappa shape index (κ2) is 4.59. The summed E-state index contributed by atoms with van der Waals surface area (Å²) in [5.41, 5.74) is 8.34. The van der Waals surface area contributed by atoms with E-state index in [2.05, 4.69) is 4.99 Å². The van der Waals surface area contributed by atoms with Gasteiger partial charge in [-0.1, -0.05) is 0 Å². The van der Waals surface area contributed by atoms with Crippen molar-refractivity contribution in [3.63, 3.8) is 0 Å². The van der Waals surface area contributed by atoms with Gasteiger partial charge in [0.25, 0.3) is 0 Å². The predicted octanol–water partition coefficient (Wildman–Crippen LogP) is 2.05. The molecule has 3 rings (SSSR count). The van der Waals surface area contributed by atoms with Crippen molar-refractivity contribution in [1.82, 2.24) is 0 Å². The number of carbonyl (C=O) groups is 1. The highest BCUT2D eigenvalue weighted by molar-refractivity contribution is 6.12. The van der Waals surface area contributed by atoms with Gasteiger partial charge < -0.3 is 10.6 Å². The maximum absolute atomic E-state index is 13.3. The Hall–Kier alpha value is -2.43. The first-order valence-electron chi connectivity index (χ1n) is 6.35. The van der Waals surface area contributed by atoms with Crippen LogP contribution in [0.25, 0.3) is 0 Å². The van der Waals surface area contributed by atoms with Crippen LogP contribution in [0.1, 0.15) is 12.0 Å². The van der Waals surface area contributed by atoms with Crippen molar-refractivity contribution >= 4 is 17.3 Å². The zero-order valence-corrected chi connectivity index (χ0v) is 11.1. The van der Waals surface area contributed by atoms with Crippen LogP contribution in [0, 0.1) is 12.7 Å². The minimum absolute atomic E-state index is 0.000633. The number of Topliss-reactive ketones (excluding diaryl/α,β-unsaturated/α-hetero) is 1. The van der Waals surface area contributed by atoms with E-state index < -0.39 is 0 Å². The van der Waals surface area contributed by atoms with E-state index in [0.717, 1.165) is 5.69 Å². The van der Waals surface area contributed by atoms with Crippen molar-refractivity contribution in [3.8, 4) is 0 Å². The third kappa shape index (κ3) is 2.11. The summed E-state index contributed by atoms with van der Waals surface area (Å²) in [6.07, 6.45) is 3.77. The molecular weight excluding hydrogens is 257 g/mol. The van der Waals surface area contributed by atoms with Crippen LogP contribution in [0.3, 0.4) is 0 Å². The molecule has 2 aliphatic rings. The van der Waals surface area contributed by atoms with Crippen molar-refractivity contribution in [3.05, 3.63) is 53.1 Å². The number of nitrogens with two attached hydrogens (primary N) is 1. The van der Waals surface area contributed by atoms with Crippen LogP contribution in [0.2, 0.25) is 0 Å². The number of hydrogen-bond acceptors (Lipinski definition) is 4. The summed E-state index contributed by atoms with van der Waals surface area (Å²) in [6, 6.07) is 4.89. The molecule has 0 unspecified atom stereocenters. The van der Waals surface area contributed by atoms with Gasteiger partial charge in [-0.15, -0.1) is 0 Å². The Morgan fingerprint density at radius 2 is 2.20 bits per heavy atom. The second-order valence-electron chi connectivity index (χ2n) is 4.94. The molecule has 0 atom stereocenters. The van der Waals surface area contributed by atoms with Gasteiger partial charge in [-0.3, -0.25) is 4.79 Å². The molecule has 0 bridgehead atoms. The zero-order valence-electron chi connectivity index (χ0n) is 11.1. The molecule has 0 radical (unpaired) electrons. The maximum Gasteiger partial charge on any atom is 0.170 e. The van der Waals surface area contributed by atoms with Crippen LogP contribution < -0.4 is 10.6 Å². The molecule has 2 heterocycles. The molecule has 0 aliphatic carbocycles. The Bertz CT molecular complexity index is 688. The summed E-state index contributed by atoms with van der Waals surface area (Å²) in [4.78, 5) is 18.1. The first-order chi connectivity index (χ1) is 9.54. The van der Waals surface area contributed by atoms with Gasteiger partial charge in [0.2, 0.25) is 0 Å². The van der Waals surface area contributed by atoms with E-state index in [1.54, 1.807) is 25.1 Å². The number of aliphatic imine (C=N–C) groups is 1. The lowest BCUT2D eigenvalue weighted by Crippen LogP contribution is -2.31. The summed E-state index contributed by atoms with van der Waals surface area (Å²) in [6.45, 7) is 2.15. The standard InChI is InChI=1S/C15H14FN3O/c1-9-6-10(2-3-12(9)16)19-5-4-13-11(8-19)14(20)7-15(17)18-13/h2-6H,7-8H2,1H3,(H2,17,18). The summed E-state index contributed by atoms with van der Waals surface area (Å²) >= 11 is 0. The smallest absolute Gasteiger partial charge is 0.170 e. The fraction of sp³-hybridized carbons (Fsp3) is 0.200. The summed E-state index contributed by atoms with van der Waals surface area (Å²) in [7, 11) is 0. The molecule has 0 saturated heterocycles. The van der Waals surface area contributed by atoms with Crippen molar-refractivity contribution < 1.29 is 9.18 Å². The molecule has 0 aromatic heterocycles. The normalized spacial score (nSPS) is 18.2. The van der Waals surface area contributed by atoms with E-state index in [0.29, 0.717) is 29.2 Å². The average molecular weight is 271 g/mol. The number of benzene rings is 1. The van der Waals surface area contributed by atoms with Crippen molar-refractivity contribution in [2.45, 2.75) is 13.3 Å². The van der Waals surface area contributed by atoms with E-state index in [9.17, 15) is 9.18 Å². The van der Waals surface area contributed by atoms with Gasteiger partial charge in [0.1, 0.15) is 11.7 Å². The highest BCUT2D eigenvalue weighted by atomic mass is 19.1. The van der Waals surface area contributed by atoms with Gasteiger partial charge >= 0.3 is 0 Å². The molecule has 0 saturated carbocycles. The van der Waals surface area contributed by atoms with Gasteiger partial charge in [-0.25, -0.2) is 9.38 Å². The summed E-state index contributed by atoms with van der Waals surface area (Å²) in [5.74, 6) is 0.117. The molecule has 2 aliphatic heterocycles. The fourth-order valence-electron chi connectivity index (χ4n) is 2.35. The predicted molar refractivity (Wildman–Crippen MR) is 75.9 cm³/mol.